The standard InChI is InChI=1S/C10H18N2O5/c1-9(3-4-17-6-9)12-8(15)11-5-10(2,16)7(13)14/h16H,3-6H2,1-2H3,(H,13,14)(H2,11,12,15). The summed E-state index contributed by atoms with van der Waals surface area (Å²) in [6.45, 7) is 3.62. The van der Waals surface area contributed by atoms with Gasteiger partial charge in [0.2, 0.25) is 0 Å². The zero-order chi connectivity index (χ0) is 13.1. The highest BCUT2D eigenvalue weighted by atomic mass is 16.5. The molecule has 98 valence electrons. The van der Waals surface area contributed by atoms with E-state index < -0.39 is 23.1 Å². The SMILES string of the molecule is CC1(NC(=O)NCC(C)(O)C(=O)O)CCOC1. The molecule has 1 aliphatic rings. The molecule has 0 radical (unpaired) electrons. The van der Waals surface area contributed by atoms with E-state index in [2.05, 4.69) is 10.6 Å². The van der Waals surface area contributed by atoms with E-state index in [1.54, 1.807) is 0 Å². The number of carboxylic acid groups (broad SMARTS) is 1. The van der Waals surface area contributed by atoms with Gasteiger partial charge in [-0.1, -0.05) is 0 Å². The van der Waals surface area contributed by atoms with E-state index in [9.17, 15) is 14.7 Å². The lowest BCUT2D eigenvalue weighted by Gasteiger charge is -2.25. The van der Waals surface area contributed by atoms with Crippen LogP contribution in [0.1, 0.15) is 20.3 Å². The van der Waals surface area contributed by atoms with Gasteiger partial charge in [-0.25, -0.2) is 9.59 Å². The van der Waals surface area contributed by atoms with Crippen LogP contribution >= 0.6 is 0 Å². The Labute approximate surface area is 99.1 Å². The van der Waals surface area contributed by atoms with Crippen LogP contribution in [0.25, 0.3) is 0 Å². The highest BCUT2D eigenvalue weighted by Crippen LogP contribution is 2.17. The van der Waals surface area contributed by atoms with Crippen LogP contribution in [0.3, 0.4) is 0 Å². The number of carbonyl (C=O) groups is 2. The number of urea groups is 1. The molecule has 0 saturated carbocycles. The molecule has 7 heteroatoms. The normalized spacial score (nSPS) is 27.2. The predicted octanol–water partition coefficient (Wildman–Crippen LogP) is -0.700. The number of carbonyl (C=O) groups excluding carboxylic acids is 1. The number of ether oxygens (including phenoxy) is 1. The highest BCUT2D eigenvalue weighted by Gasteiger charge is 2.33. The maximum atomic E-state index is 11.5. The molecule has 0 aromatic carbocycles. The molecule has 0 aliphatic carbocycles. The second kappa shape index (κ2) is 4.89. The van der Waals surface area contributed by atoms with Gasteiger partial charge in [0.25, 0.3) is 0 Å². The largest absolute Gasteiger partial charge is 0.479 e. The van der Waals surface area contributed by atoms with Crippen LogP contribution < -0.4 is 10.6 Å². The first-order valence-corrected chi connectivity index (χ1v) is 5.35. The quantitative estimate of drug-likeness (QED) is 0.524. The molecule has 1 aliphatic heterocycles. The minimum Gasteiger partial charge on any atom is -0.479 e. The molecule has 0 spiro atoms. The fraction of sp³-hybridized carbons (Fsp3) is 0.800. The fourth-order valence-corrected chi connectivity index (χ4v) is 1.41. The van der Waals surface area contributed by atoms with E-state index in [-0.39, 0.29) is 6.54 Å². The molecule has 1 fully saturated rings. The Morgan fingerprint density at radius 1 is 1.53 bits per heavy atom. The summed E-state index contributed by atoms with van der Waals surface area (Å²) in [5.74, 6) is -1.38. The summed E-state index contributed by atoms with van der Waals surface area (Å²) in [7, 11) is 0. The monoisotopic (exact) mass is 246 g/mol. The van der Waals surface area contributed by atoms with Gasteiger partial charge in [-0.2, -0.15) is 0 Å². The molecule has 2 unspecified atom stereocenters. The van der Waals surface area contributed by atoms with E-state index in [4.69, 9.17) is 9.84 Å². The zero-order valence-electron chi connectivity index (χ0n) is 9.95. The number of amides is 2. The van der Waals surface area contributed by atoms with Crippen molar-refractivity contribution in [1.29, 1.82) is 0 Å². The average Bonchev–Trinajstić information content (AvgIpc) is 2.62. The summed E-state index contributed by atoms with van der Waals surface area (Å²) >= 11 is 0. The van der Waals surface area contributed by atoms with Crippen molar-refractivity contribution in [2.75, 3.05) is 19.8 Å². The second-order valence-corrected chi connectivity index (χ2v) is 4.75. The Kier molecular flexibility index (Phi) is 3.94. The summed E-state index contributed by atoms with van der Waals surface area (Å²) in [5, 5.41) is 23.1. The lowest BCUT2D eigenvalue weighted by molar-refractivity contribution is -0.155. The smallest absolute Gasteiger partial charge is 0.337 e. The second-order valence-electron chi connectivity index (χ2n) is 4.75. The third-order valence-corrected chi connectivity index (χ3v) is 2.69. The number of aliphatic hydroxyl groups is 1. The van der Waals surface area contributed by atoms with Crippen LogP contribution in [0, 0.1) is 0 Å². The van der Waals surface area contributed by atoms with Gasteiger partial charge in [-0.15, -0.1) is 0 Å². The first kappa shape index (κ1) is 13.7. The number of hydrogen-bond donors (Lipinski definition) is 4. The van der Waals surface area contributed by atoms with Crippen molar-refractivity contribution in [2.45, 2.75) is 31.4 Å². The van der Waals surface area contributed by atoms with E-state index in [0.717, 1.165) is 6.92 Å². The Morgan fingerprint density at radius 3 is 2.65 bits per heavy atom. The summed E-state index contributed by atoms with van der Waals surface area (Å²) in [5.41, 5.74) is -2.40. The summed E-state index contributed by atoms with van der Waals surface area (Å²) in [4.78, 5) is 22.1. The van der Waals surface area contributed by atoms with Crippen LogP contribution in [0.2, 0.25) is 0 Å². The van der Waals surface area contributed by atoms with Crippen molar-refractivity contribution >= 4 is 12.0 Å². The first-order valence-electron chi connectivity index (χ1n) is 5.35. The van der Waals surface area contributed by atoms with Gasteiger partial charge in [-0.05, 0) is 20.3 Å². The third-order valence-electron chi connectivity index (χ3n) is 2.69. The van der Waals surface area contributed by atoms with E-state index in [1.807, 2.05) is 6.92 Å². The summed E-state index contributed by atoms with van der Waals surface area (Å²) < 4.78 is 5.16. The number of hydrogen-bond acceptors (Lipinski definition) is 4. The molecule has 1 saturated heterocycles. The van der Waals surface area contributed by atoms with Crippen LogP contribution in [-0.4, -0.2) is 53.1 Å². The molecular formula is C10H18N2O5. The van der Waals surface area contributed by atoms with Crippen LogP contribution in [0.4, 0.5) is 4.79 Å². The molecule has 1 rings (SSSR count). The Morgan fingerprint density at radius 2 is 2.18 bits per heavy atom. The van der Waals surface area contributed by atoms with E-state index >= 15 is 0 Å². The molecule has 1 heterocycles. The Bertz CT molecular complexity index is 310. The zero-order valence-corrected chi connectivity index (χ0v) is 9.95. The van der Waals surface area contributed by atoms with Crippen molar-refractivity contribution in [3.63, 3.8) is 0 Å². The molecule has 2 atom stereocenters. The number of aliphatic carboxylic acids is 1. The summed E-state index contributed by atoms with van der Waals surface area (Å²) in [6.07, 6.45) is 0.704. The maximum absolute atomic E-state index is 11.5. The Hall–Kier alpha value is -1.34. The number of carboxylic acids is 1. The maximum Gasteiger partial charge on any atom is 0.337 e. The lowest BCUT2D eigenvalue weighted by Crippen LogP contribution is -2.54. The van der Waals surface area contributed by atoms with Crippen molar-refractivity contribution in [1.82, 2.24) is 10.6 Å². The summed E-state index contributed by atoms with van der Waals surface area (Å²) in [6, 6.07) is -0.514. The average molecular weight is 246 g/mol. The fourth-order valence-electron chi connectivity index (χ4n) is 1.41. The van der Waals surface area contributed by atoms with Gasteiger partial charge < -0.3 is 25.6 Å². The van der Waals surface area contributed by atoms with Gasteiger partial charge in [0.15, 0.2) is 5.60 Å². The van der Waals surface area contributed by atoms with Crippen LogP contribution in [-0.2, 0) is 9.53 Å². The predicted molar refractivity (Wildman–Crippen MR) is 58.6 cm³/mol. The van der Waals surface area contributed by atoms with Crippen molar-refractivity contribution in [2.24, 2.45) is 0 Å². The molecule has 17 heavy (non-hydrogen) atoms. The molecule has 0 aromatic heterocycles. The molecule has 7 nitrogen and oxygen atoms in total. The molecule has 0 bridgehead atoms. The first-order chi connectivity index (χ1) is 7.75. The minimum absolute atomic E-state index is 0.356. The van der Waals surface area contributed by atoms with Gasteiger partial charge in [-0.3, -0.25) is 0 Å². The number of rotatable bonds is 4. The van der Waals surface area contributed by atoms with E-state index in [0.29, 0.717) is 19.6 Å². The van der Waals surface area contributed by atoms with Gasteiger partial charge in [0.1, 0.15) is 0 Å². The minimum atomic E-state index is -1.97. The van der Waals surface area contributed by atoms with Crippen molar-refractivity contribution < 1.29 is 24.5 Å². The number of nitrogens with one attached hydrogen (secondary N) is 2. The van der Waals surface area contributed by atoms with E-state index in [1.165, 1.54) is 0 Å². The molecule has 4 N–H and O–H groups in total. The van der Waals surface area contributed by atoms with Gasteiger partial charge in [0, 0.05) is 6.61 Å². The van der Waals surface area contributed by atoms with Crippen LogP contribution in [0.15, 0.2) is 0 Å². The lowest BCUT2D eigenvalue weighted by atomic mass is 10.0. The molecular weight excluding hydrogens is 228 g/mol. The molecule has 2 amide bonds. The highest BCUT2D eigenvalue weighted by molar-refractivity contribution is 5.79. The van der Waals surface area contributed by atoms with Crippen LogP contribution in [0.5, 0.6) is 0 Å². The van der Waals surface area contributed by atoms with Crippen molar-refractivity contribution in [3.8, 4) is 0 Å². The molecule has 0 aromatic rings. The van der Waals surface area contributed by atoms with Gasteiger partial charge in [0.05, 0.1) is 18.7 Å². The topological polar surface area (TPSA) is 108 Å². The Balaban J connectivity index is 2.38. The van der Waals surface area contributed by atoms with Gasteiger partial charge >= 0.3 is 12.0 Å². The van der Waals surface area contributed by atoms with Crippen molar-refractivity contribution in [3.05, 3.63) is 0 Å². The third kappa shape index (κ3) is 3.86.